The van der Waals surface area contributed by atoms with Crippen molar-refractivity contribution in [2.75, 3.05) is 12.4 Å². The second-order valence-corrected chi connectivity index (χ2v) is 4.38. The predicted octanol–water partition coefficient (Wildman–Crippen LogP) is 1.59. The Balaban J connectivity index is 2.37. The molecule has 0 saturated carbocycles. The summed E-state index contributed by atoms with van der Waals surface area (Å²) in [7, 11) is 1.45. The third-order valence-corrected chi connectivity index (χ3v) is 2.93. The highest BCUT2D eigenvalue weighted by atomic mass is 16.6. The number of carbonyl (C=O) groups excluding carboxylic acids is 1. The van der Waals surface area contributed by atoms with Crippen molar-refractivity contribution in [3.8, 4) is 0 Å². The van der Waals surface area contributed by atoms with Crippen molar-refractivity contribution in [1.29, 1.82) is 0 Å². The first kappa shape index (κ1) is 15.4. The van der Waals surface area contributed by atoms with Gasteiger partial charge in [0.15, 0.2) is 0 Å². The number of carbonyl (C=O) groups is 1. The topological polar surface area (TPSA) is 117 Å². The highest BCUT2D eigenvalue weighted by Gasteiger charge is 2.18. The third-order valence-electron chi connectivity index (χ3n) is 2.93. The van der Waals surface area contributed by atoms with Crippen LogP contribution in [0, 0.1) is 10.1 Å². The molecule has 0 bridgehead atoms. The molecule has 3 N–H and O–H groups in total. The predicted molar refractivity (Wildman–Crippen MR) is 79.9 cm³/mol. The van der Waals surface area contributed by atoms with Gasteiger partial charge in [0.25, 0.3) is 5.91 Å². The summed E-state index contributed by atoms with van der Waals surface area (Å²) in [5.74, 6) is -0.462. The first-order valence-electron chi connectivity index (χ1n) is 6.39. The zero-order chi connectivity index (χ0) is 16.1. The van der Waals surface area contributed by atoms with E-state index in [-0.39, 0.29) is 23.8 Å². The van der Waals surface area contributed by atoms with Crippen LogP contribution in [-0.2, 0) is 6.61 Å². The number of nitrogens with zero attached hydrogens (tertiary/aromatic N) is 2. The van der Waals surface area contributed by atoms with E-state index in [1.165, 1.54) is 19.2 Å². The van der Waals surface area contributed by atoms with Gasteiger partial charge in [-0.25, -0.2) is 4.98 Å². The van der Waals surface area contributed by atoms with Crippen molar-refractivity contribution in [3.05, 3.63) is 57.8 Å². The molecule has 0 unspecified atom stereocenters. The average molecular weight is 302 g/mol. The van der Waals surface area contributed by atoms with Crippen molar-refractivity contribution in [1.82, 2.24) is 10.3 Å². The molecule has 0 spiro atoms. The number of aliphatic hydroxyl groups is 1. The molecule has 1 aromatic carbocycles. The first-order chi connectivity index (χ1) is 10.5. The Bertz CT molecular complexity index is 700. The number of nitrogens with one attached hydrogen (secondary N) is 2. The molecule has 22 heavy (non-hydrogen) atoms. The van der Waals surface area contributed by atoms with E-state index in [1.807, 2.05) is 0 Å². The highest BCUT2D eigenvalue weighted by Crippen LogP contribution is 2.26. The summed E-state index contributed by atoms with van der Waals surface area (Å²) in [6.07, 6.45) is 0. The van der Waals surface area contributed by atoms with E-state index in [4.69, 9.17) is 5.11 Å². The number of rotatable bonds is 5. The fraction of sp³-hybridized carbons (Fsp3) is 0.143. The number of anilines is 2. The standard InChI is InChI=1S/C14H14N4O4/c1-15-14(20)11-6-7-12(18(21)22)13(17-11)16-10-4-2-9(8-19)3-5-10/h2-7,19H,8H2,1H3,(H,15,20)(H,16,17). The molecular formula is C14H14N4O4. The summed E-state index contributed by atoms with van der Waals surface area (Å²) in [5.41, 5.74) is 1.11. The van der Waals surface area contributed by atoms with Gasteiger partial charge in [-0.2, -0.15) is 0 Å². The van der Waals surface area contributed by atoms with E-state index in [0.29, 0.717) is 11.3 Å². The maximum absolute atomic E-state index is 11.6. The van der Waals surface area contributed by atoms with Crippen LogP contribution in [0.5, 0.6) is 0 Å². The summed E-state index contributed by atoms with van der Waals surface area (Å²) >= 11 is 0. The van der Waals surface area contributed by atoms with Crippen LogP contribution in [0.3, 0.4) is 0 Å². The second-order valence-electron chi connectivity index (χ2n) is 4.38. The number of hydrogen-bond acceptors (Lipinski definition) is 6. The molecule has 8 nitrogen and oxygen atoms in total. The Hall–Kier alpha value is -3.00. The van der Waals surface area contributed by atoms with Crippen LogP contribution in [0.25, 0.3) is 0 Å². The van der Waals surface area contributed by atoms with Gasteiger partial charge in [0, 0.05) is 18.8 Å². The normalized spacial score (nSPS) is 10.1. The fourth-order valence-electron chi connectivity index (χ4n) is 1.78. The fourth-order valence-corrected chi connectivity index (χ4v) is 1.78. The Morgan fingerprint density at radius 2 is 1.95 bits per heavy atom. The molecule has 2 rings (SSSR count). The van der Waals surface area contributed by atoms with E-state index in [2.05, 4.69) is 15.6 Å². The summed E-state index contributed by atoms with van der Waals surface area (Å²) in [4.78, 5) is 26.0. The highest BCUT2D eigenvalue weighted by molar-refractivity contribution is 5.93. The zero-order valence-electron chi connectivity index (χ0n) is 11.7. The molecule has 0 fully saturated rings. The molecule has 8 heteroatoms. The lowest BCUT2D eigenvalue weighted by molar-refractivity contribution is -0.384. The molecule has 1 heterocycles. The number of aromatic nitrogens is 1. The number of hydrogen-bond donors (Lipinski definition) is 3. The Morgan fingerprint density at radius 3 is 2.50 bits per heavy atom. The van der Waals surface area contributed by atoms with Crippen molar-refractivity contribution in [2.45, 2.75) is 6.61 Å². The zero-order valence-corrected chi connectivity index (χ0v) is 11.7. The quantitative estimate of drug-likeness (QED) is 0.570. The van der Waals surface area contributed by atoms with Gasteiger partial charge in [-0.1, -0.05) is 12.1 Å². The molecule has 1 aromatic heterocycles. The maximum atomic E-state index is 11.6. The Morgan fingerprint density at radius 1 is 1.27 bits per heavy atom. The number of amides is 1. The lowest BCUT2D eigenvalue weighted by Gasteiger charge is -2.08. The van der Waals surface area contributed by atoms with E-state index in [9.17, 15) is 14.9 Å². The first-order valence-corrected chi connectivity index (χ1v) is 6.39. The van der Waals surface area contributed by atoms with Gasteiger partial charge < -0.3 is 15.7 Å². The van der Waals surface area contributed by atoms with Crippen LogP contribution in [0.2, 0.25) is 0 Å². The number of nitro groups is 1. The Kier molecular flexibility index (Phi) is 4.64. The van der Waals surface area contributed by atoms with Crippen molar-refractivity contribution >= 4 is 23.1 Å². The van der Waals surface area contributed by atoms with Crippen molar-refractivity contribution in [3.63, 3.8) is 0 Å². The van der Waals surface area contributed by atoms with Gasteiger partial charge in [0.2, 0.25) is 5.82 Å². The second kappa shape index (κ2) is 6.64. The summed E-state index contributed by atoms with van der Waals surface area (Å²) < 4.78 is 0. The molecule has 0 aliphatic rings. The van der Waals surface area contributed by atoms with Gasteiger partial charge in [0.1, 0.15) is 5.69 Å². The Labute approximate surface area is 126 Å². The van der Waals surface area contributed by atoms with Crippen LogP contribution < -0.4 is 10.6 Å². The number of benzene rings is 1. The molecule has 1 amide bonds. The van der Waals surface area contributed by atoms with Gasteiger partial charge in [-0.15, -0.1) is 0 Å². The maximum Gasteiger partial charge on any atom is 0.311 e. The molecule has 0 atom stereocenters. The number of pyridine rings is 1. The lowest BCUT2D eigenvalue weighted by Crippen LogP contribution is -2.19. The minimum absolute atomic E-state index is 0.0251. The molecule has 0 radical (unpaired) electrons. The van der Waals surface area contributed by atoms with Crippen molar-refractivity contribution < 1.29 is 14.8 Å². The molecule has 114 valence electrons. The monoisotopic (exact) mass is 302 g/mol. The molecular weight excluding hydrogens is 288 g/mol. The van der Waals surface area contributed by atoms with Crippen LogP contribution in [-0.4, -0.2) is 28.0 Å². The largest absolute Gasteiger partial charge is 0.392 e. The van der Waals surface area contributed by atoms with Crippen molar-refractivity contribution in [2.24, 2.45) is 0 Å². The number of aliphatic hydroxyl groups excluding tert-OH is 1. The van der Waals surface area contributed by atoms with Crippen LogP contribution >= 0.6 is 0 Å². The van der Waals surface area contributed by atoms with Gasteiger partial charge in [0.05, 0.1) is 11.5 Å². The van der Waals surface area contributed by atoms with Gasteiger partial charge >= 0.3 is 5.69 Å². The van der Waals surface area contributed by atoms with Gasteiger partial charge in [-0.05, 0) is 23.8 Å². The average Bonchev–Trinajstić information content (AvgIpc) is 2.54. The smallest absolute Gasteiger partial charge is 0.311 e. The van der Waals surface area contributed by atoms with E-state index < -0.39 is 10.8 Å². The minimum Gasteiger partial charge on any atom is -0.392 e. The van der Waals surface area contributed by atoms with E-state index >= 15 is 0 Å². The molecule has 0 aliphatic carbocycles. The summed E-state index contributed by atoms with van der Waals surface area (Å²) in [6.45, 7) is -0.0924. The third kappa shape index (κ3) is 3.36. The van der Waals surface area contributed by atoms with Crippen LogP contribution in [0.4, 0.5) is 17.2 Å². The molecule has 0 saturated heterocycles. The van der Waals surface area contributed by atoms with Crippen LogP contribution in [0.1, 0.15) is 16.1 Å². The minimum atomic E-state index is -0.578. The SMILES string of the molecule is CNC(=O)c1ccc([N+](=O)[O-])c(Nc2ccc(CO)cc2)n1. The molecule has 0 aliphatic heterocycles. The summed E-state index contributed by atoms with van der Waals surface area (Å²) in [6, 6.07) is 9.18. The van der Waals surface area contributed by atoms with E-state index in [1.54, 1.807) is 24.3 Å². The van der Waals surface area contributed by atoms with Crippen LogP contribution in [0.15, 0.2) is 36.4 Å². The molecule has 2 aromatic rings. The van der Waals surface area contributed by atoms with E-state index in [0.717, 1.165) is 0 Å². The summed E-state index contributed by atoms with van der Waals surface area (Å²) in [5, 5.41) is 25.3. The lowest BCUT2D eigenvalue weighted by atomic mass is 10.2. The van der Waals surface area contributed by atoms with Gasteiger partial charge in [-0.3, -0.25) is 14.9 Å².